The lowest BCUT2D eigenvalue weighted by atomic mass is 10.0. The molecule has 15 heteroatoms. The fourth-order valence-corrected chi connectivity index (χ4v) is 7.72. The van der Waals surface area contributed by atoms with Crippen molar-refractivity contribution in [3.8, 4) is 17.2 Å². The molecule has 3 aromatic carbocycles. The summed E-state index contributed by atoms with van der Waals surface area (Å²) in [6, 6.07) is 11.4. The number of hydrogen-bond donors (Lipinski definition) is 9. The van der Waals surface area contributed by atoms with Gasteiger partial charge in [-0.15, -0.1) is 0 Å². The molecular formula is C45H69N3O12. The van der Waals surface area contributed by atoms with Crippen LogP contribution in [0.15, 0.2) is 36.4 Å². The van der Waals surface area contributed by atoms with Crippen LogP contribution in [0, 0.1) is 20.8 Å². The summed E-state index contributed by atoms with van der Waals surface area (Å²) in [5.41, 5.74) is 6.76. The topological polar surface area (TPSA) is 219 Å². The van der Waals surface area contributed by atoms with Crippen molar-refractivity contribution in [3.05, 3.63) is 86.5 Å². The maximum Gasteiger partial charge on any atom is 0.157 e. The summed E-state index contributed by atoms with van der Waals surface area (Å²) < 4.78 is 16.5. The van der Waals surface area contributed by atoms with E-state index in [1.54, 1.807) is 0 Å². The quantitative estimate of drug-likeness (QED) is 0.0703. The van der Waals surface area contributed by atoms with E-state index >= 15 is 0 Å². The Morgan fingerprint density at radius 3 is 0.900 bits per heavy atom. The molecule has 0 aliphatic carbocycles. The standard InChI is InChI=1S/C45H69N3O12/c1-31-19-34(43(55)37(22-31)28-58-40(52)7-16-49)25-46-10-4-12-47(26-35-20-32(2)23-38(44(35)56)29-59-41(53)8-17-50)14-6-15-48(13-5-11-46)27-36-21-33(3)24-39(45(36)57)30-60-42(54)9-18-51/h19-24,40-42,49-57H,4-18,25-30H2,1-3H3. The number of rotatable bonds is 21. The normalized spacial score (nSPS) is 16.9. The first kappa shape index (κ1) is 49.2. The van der Waals surface area contributed by atoms with Crippen LogP contribution in [-0.2, 0) is 53.7 Å². The first-order valence-electron chi connectivity index (χ1n) is 21.1. The molecule has 0 bridgehead atoms. The molecule has 0 radical (unpaired) electrons. The highest BCUT2D eigenvalue weighted by atomic mass is 16.6. The van der Waals surface area contributed by atoms with Crippen molar-refractivity contribution in [1.29, 1.82) is 0 Å². The lowest BCUT2D eigenvalue weighted by Crippen LogP contribution is -2.36. The largest absolute Gasteiger partial charge is 0.507 e. The second-order valence-corrected chi connectivity index (χ2v) is 16.0. The molecule has 9 N–H and O–H groups in total. The zero-order chi connectivity index (χ0) is 43.6. The maximum absolute atomic E-state index is 11.4. The van der Waals surface area contributed by atoms with Gasteiger partial charge in [0.15, 0.2) is 18.9 Å². The second-order valence-electron chi connectivity index (χ2n) is 16.0. The number of hydrogen-bond acceptors (Lipinski definition) is 15. The van der Waals surface area contributed by atoms with Crippen LogP contribution in [0.1, 0.15) is 88.6 Å². The third-order valence-corrected chi connectivity index (χ3v) is 10.7. The van der Waals surface area contributed by atoms with Crippen molar-refractivity contribution in [2.24, 2.45) is 0 Å². The highest BCUT2D eigenvalue weighted by molar-refractivity contribution is 5.45. The molecule has 0 spiro atoms. The maximum atomic E-state index is 11.4. The Morgan fingerprint density at radius 1 is 0.433 bits per heavy atom. The van der Waals surface area contributed by atoms with E-state index < -0.39 is 18.9 Å². The SMILES string of the molecule is Cc1cc(COC(O)CCO)c(O)c(CN2CCCN(Cc3cc(C)cc(COC(O)CCO)c3O)CCCN(Cc3cc(C)cc(COC(O)CCO)c3O)CCC2)c1. The molecule has 0 aromatic heterocycles. The van der Waals surface area contributed by atoms with Crippen LogP contribution in [0.25, 0.3) is 0 Å². The number of aliphatic hydroxyl groups is 6. The van der Waals surface area contributed by atoms with E-state index in [0.29, 0.717) is 36.3 Å². The van der Waals surface area contributed by atoms with Crippen molar-refractivity contribution in [3.63, 3.8) is 0 Å². The van der Waals surface area contributed by atoms with Crippen LogP contribution in [0.3, 0.4) is 0 Å². The number of aromatic hydroxyl groups is 3. The summed E-state index contributed by atoms with van der Waals surface area (Å²) in [5.74, 6) is 0.343. The second kappa shape index (κ2) is 25.5. The number of ether oxygens (including phenoxy) is 3. The van der Waals surface area contributed by atoms with Crippen LogP contribution in [0.2, 0.25) is 0 Å². The number of benzene rings is 3. The Hall–Kier alpha value is -3.42. The molecule has 15 nitrogen and oxygen atoms in total. The van der Waals surface area contributed by atoms with E-state index in [1.165, 1.54) is 0 Å². The minimum Gasteiger partial charge on any atom is -0.507 e. The van der Waals surface area contributed by atoms with Crippen molar-refractivity contribution in [2.45, 2.75) is 118 Å². The summed E-state index contributed by atoms with van der Waals surface area (Å²) in [4.78, 5) is 6.98. The number of nitrogens with zero attached hydrogens (tertiary/aromatic N) is 3. The Morgan fingerprint density at radius 2 is 0.667 bits per heavy atom. The predicted molar refractivity (Wildman–Crippen MR) is 226 cm³/mol. The third-order valence-electron chi connectivity index (χ3n) is 10.7. The first-order chi connectivity index (χ1) is 28.8. The highest BCUT2D eigenvalue weighted by Gasteiger charge is 2.21. The Bertz CT molecular complexity index is 1540. The fraction of sp³-hybridized carbons (Fsp3) is 0.600. The van der Waals surface area contributed by atoms with E-state index in [0.717, 1.165) is 91.9 Å². The van der Waals surface area contributed by atoms with Crippen LogP contribution in [0.4, 0.5) is 0 Å². The van der Waals surface area contributed by atoms with Gasteiger partial charge in [-0.25, -0.2) is 0 Å². The minimum atomic E-state index is -1.14. The molecule has 1 saturated heterocycles. The minimum absolute atomic E-state index is 0.00261. The van der Waals surface area contributed by atoms with Crippen LogP contribution >= 0.6 is 0 Å². The van der Waals surface area contributed by atoms with Gasteiger partial charge in [0.25, 0.3) is 0 Å². The zero-order valence-corrected chi connectivity index (χ0v) is 35.6. The van der Waals surface area contributed by atoms with Gasteiger partial charge in [0.05, 0.1) is 19.8 Å². The lowest BCUT2D eigenvalue weighted by molar-refractivity contribution is -0.118. The highest BCUT2D eigenvalue weighted by Crippen LogP contribution is 2.31. The van der Waals surface area contributed by atoms with Gasteiger partial charge in [0, 0.05) is 92.1 Å². The first-order valence-corrected chi connectivity index (χ1v) is 21.1. The van der Waals surface area contributed by atoms with Gasteiger partial charge in [0.2, 0.25) is 0 Å². The van der Waals surface area contributed by atoms with Crippen molar-refractivity contribution in [2.75, 3.05) is 59.1 Å². The molecule has 3 atom stereocenters. The Balaban J connectivity index is 1.58. The van der Waals surface area contributed by atoms with Gasteiger partial charge < -0.3 is 60.2 Å². The van der Waals surface area contributed by atoms with E-state index in [9.17, 15) is 30.6 Å². The number of phenols is 3. The van der Waals surface area contributed by atoms with E-state index in [4.69, 9.17) is 29.5 Å². The van der Waals surface area contributed by atoms with Crippen molar-refractivity contribution < 1.29 is 60.2 Å². The van der Waals surface area contributed by atoms with Gasteiger partial charge >= 0.3 is 0 Å². The molecule has 1 fully saturated rings. The van der Waals surface area contributed by atoms with Crippen molar-refractivity contribution >= 4 is 0 Å². The molecule has 1 heterocycles. The zero-order valence-electron chi connectivity index (χ0n) is 35.6. The molecule has 336 valence electrons. The predicted octanol–water partition coefficient (Wildman–Crippen LogP) is 3.37. The monoisotopic (exact) mass is 843 g/mol. The molecule has 0 amide bonds. The molecule has 3 unspecified atom stereocenters. The number of aliphatic hydroxyl groups excluding tert-OH is 6. The van der Waals surface area contributed by atoms with Crippen LogP contribution < -0.4 is 0 Å². The average Bonchev–Trinajstić information content (AvgIpc) is 3.19. The Kier molecular flexibility index (Phi) is 20.9. The lowest BCUT2D eigenvalue weighted by Gasteiger charge is -2.31. The number of aryl methyl sites for hydroxylation is 3. The van der Waals surface area contributed by atoms with Gasteiger partial charge in [-0.2, -0.15) is 0 Å². The smallest absolute Gasteiger partial charge is 0.157 e. The Labute approximate surface area is 354 Å². The number of phenolic OH excluding ortho intramolecular Hbond substituents is 3. The van der Waals surface area contributed by atoms with Gasteiger partial charge in [-0.3, -0.25) is 14.7 Å². The summed E-state index contributed by atoms with van der Waals surface area (Å²) in [7, 11) is 0. The molecule has 4 rings (SSSR count). The summed E-state index contributed by atoms with van der Waals surface area (Å²) in [5, 5.41) is 91.7. The average molecular weight is 844 g/mol. The third kappa shape index (κ3) is 16.1. The van der Waals surface area contributed by atoms with Gasteiger partial charge in [-0.05, 0) is 79.3 Å². The van der Waals surface area contributed by atoms with E-state index in [-0.39, 0.29) is 76.2 Å². The molecule has 1 aliphatic rings. The van der Waals surface area contributed by atoms with Crippen molar-refractivity contribution in [1.82, 2.24) is 14.7 Å². The van der Waals surface area contributed by atoms with E-state index in [1.807, 2.05) is 57.2 Å². The fourth-order valence-electron chi connectivity index (χ4n) is 7.72. The van der Waals surface area contributed by atoms with Crippen LogP contribution in [-0.4, -0.2) is 139 Å². The molecule has 3 aromatic rings. The molecule has 0 saturated carbocycles. The summed E-state index contributed by atoms with van der Waals surface area (Å²) in [6.07, 6.45) is -0.731. The molecule has 1 aliphatic heterocycles. The summed E-state index contributed by atoms with van der Waals surface area (Å²) >= 11 is 0. The molecular weight excluding hydrogens is 775 g/mol. The van der Waals surface area contributed by atoms with E-state index in [2.05, 4.69) is 14.7 Å². The molecule has 60 heavy (non-hydrogen) atoms. The summed E-state index contributed by atoms with van der Waals surface area (Å²) in [6.45, 7) is 11.0. The van der Waals surface area contributed by atoms with Gasteiger partial charge in [0.1, 0.15) is 17.2 Å². The van der Waals surface area contributed by atoms with Crippen LogP contribution in [0.5, 0.6) is 17.2 Å². The van der Waals surface area contributed by atoms with Gasteiger partial charge in [-0.1, -0.05) is 53.1 Å².